The summed E-state index contributed by atoms with van der Waals surface area (Å²) in [6.45, 7) is 3.52. The van der Waals surface area contributed by atoms with E-state index in [1.165, 1.54) is 4.68 Å². The molecule has 0 aliphatic carbocycles. The van der Waals surface area contributed by atoms with E-state index < -0.39 is 12.6 Å². The summed E-state index contributed by atoms with van der Waals surface area (Å²) in [6, 6.07) is 23.5. The number of aryl methyl sites for hydroxylation is 1. The van der Waals surface area contributed by atoms with Gasteiger partial charge in [0.25, 0.3) is 5.56 Å². The lowest BCUT2D eigenvalue weighted by Crippen LogP contribution is -2.20. The number of hydrogen-bond acceptors (Lipinski definition) is 7. The summed E-state index contributed by atoms with van der Waals surface area (Å²) in [4.78, 5) is 29.2. The van der Waals surface area contributed by atoms with Gasteiger partial charge in [-0.3, -0.25) is 4.79 Å². The number of methoxy groups -OCH3 is 1. The van der Waals surface area contributed by atoms with Gasteiger partial charge >= 0.3 is 5.97 Å². The van der Waals surface area contributed by atoms with Crippen molar-refractivity contribution in [2.24, 2.45) is 5.10 Å². The minimum Gasteiger partial charge on any atom is -0.496 e. The standard InChI is InChI=1S/C32H26N4O6/c1-19-15-21(20(2)35(19)22-11-13-23(14-12-22)41-18-30(37)38)17-33-36-31(34-26-8-5-4-7-24(26)32(36)39)29-16-25-27(40-3)9-6-10-28(25)42-29/h4-17H,18H2,1-3H3,(H,37,38). The van der Waals surface area contributed by atoms with E-state index in [1.807, 2.05) is 60.9 Å². The molecule has 6 aromatic rings. The van der Waals surface area contributed by atoms with Crippen LogP contribution in [0.4, 0.5) is 0 Å². The van der Waals surface area contributed by atoms with Crippen molar-refractivity contribution in [3.63, 3.8) is 0 Å². The highest BCUT2D eigenvalue weighted by atomic mass is 16.5. The van der Waals surface area contributed by atoms with Crippen molar-refractivity contribution in [2.75, 3.05) is 13.7 Å². The van der Waals surface area contributed by atoms with E-state index >= 15 is 0 Å². The zero-order valence-corrected chi connectivity index (χ0v) is 23.1. The second kappa shape index (κ2) is 10.7. The highest BCUT2D eigenvalue weighted by Gasteiger charge is 2.18. The molecule has 3 heterocycles. The van der Waals surface area contributed by atoms with E-state index in [0.717, 1.165) is 28.0 Å². The molecule has 0 saturated carbocycles. The molecule has 0 spiro atoms. The van der Waals surface area contributed by atoms with Gasteiger partial charge in [-0.2, -0.15) is 9.78 Å². The van der Waals surface area contributed by atoms with Crippen molar-refractivity contribution >= 4 is 34.1 Å². The first-order chi connectivity index (χ1) is 20.3. The predicted octanol–water partition coefficient (Wildman–Crippen LogP) is 5.57. The van der Waals surface area contributed by atoms with Gasteiger partial charge in [0, 0.05) is 22.6 Å². The average Bonchev–Trinajstić information content (AvgIpc) is 3.55. The number of fused-ring (bicyclic) bond motifs is 2. The highest BCUT2D eigenvalue weighted by Crippen LogP contribution is 2.33. The molecule has 0 radical (unpaired) electrons. The van der Waals surface area contributed by atoms with Gasteiger partial charge in [0.2, 0.25) is 5.82 Å². The van der Waals surface area contributed by atoms with Crippen LogP contribution in [0, 0.1) is 13.8 Å². The first kappa shape index (κ1) is 26.6. The summed E-state index contributed by atoms with van der Waals surface area (Å²) in [7, 11) is 1.59. The number of carboxylic acid groups (broad SMARTS) is 1. The summed E-state index contributed by atoms with van der Waals surface area (Å²) in [5.41, 5.74) is 4.32. The lowest BCUT2D eigenvalue weighted by atomic mass is 10.2. The third kappa shape index (κ3) is 4.79. The summed E-state index contributed by atoms with van der Waals surface area (Å²) >= 11 is 0. The number of nitrogens with zero attached hydrogens (tertiary/aromatic N) is 4. The summed E-state index contributed by atoms with van der Waals surface area (Å²) in [6.07, 6.45) is 1.63. The largest absolute Gasteiger partial charge is 0.496 e. The number of aromatic nitrogens is 3. The molecule has 0 fully saturated rings. The van der Waals surface area contributed by atoms with Gasteiger partial charge in [-0.15, -0.1) is 0 Å². The minimum absolute atomic E-state index is 0.263. The molecule has 210 valence electrons. The number of carbonyl (C=O) groups is 1. The first-order valence-electron chi connectivity index (χ1n) is 13.1. The molecule has 0 amide bonds. The average molecular weight is 563 g/mol. The van der Waals surface area contributed by atoms with Crippen LogP contribution in [0.15, 0.2) is 93.2 Å². The first-order valence-corrected chi connectivity index (χ1v) is 13.1. The smallest absolute Gasteiger partial charge is 0.341 e. The third-order valence-electron chi connectivity index (χ3n) is 6.96. The summed E-state index contributed by atoms with van der Waals surface area (Å²) in [5.74, 6) is 0.715. The van der Waals surface area contributed by atoms with Gasteiger partial charge in [0.05, 0.1) is 29.6 Å². The monoisotopic (exact) mass is 562 g/mol. The fourth-order valence-corrected chi connectivity index (χ4v) is 4.98. The number of para-hydroxylation sites is 1. The summed E-state index contributed by atoms with van der Waals surface area (Å²) in [5, 5.41) is 14.7. The van der Waals surface area contributed by atoms with E-state index in [4.69, 9.17) is 24.0 Å². The maximum atomic E-state index is 13.7. The number of rotatable bonds is 8. The van der Waals surface area contributed by atoms with Crippen molar-refractivity contribution in [1.29, 1.82) is 0 Å². The predicted molar refractivity (Wildman–Crippen MR) is 159 cm³/mol. The Morgan fingerprint density at radius 1 is 1.02 bits per heavy atom. The van der Waals surface area contributed by atoms with Crippen LogP contribution < -0.4 is 15.0 Å². The number of benzene rings is 3. The third-order valence-corrected chi connectivity index (χ3v) is 6.96. The Hall–Kier alpha value is -5.64. The van der Waals surface area contributed by atoms with E-state index in [0.29, 0.717) is 33.7 Å². The molecule has 0 aliphatic heterocycles. The maximum absolute atomic E-state index is 13.7. The van der Waals surface area contributed by atoms with Crippen molar-refractivity contribution in [1.82, 2.24) is 14.2 Å². The maximum Gasteiger partial charge on any atom is 0.341 e. The number of furan rings is 1. The molecule has 0 atom stereocenters. The Kier molecular flexibility index (Phi) is 6.79. The second-order valence-electron chi connectivity index (χ2n) is 9.64. The molecular formula is C32H26N4O6. The Morgan fingerprint density at radius 2 is 1.81 bits per heavy atom. The van der Waals surface area contributed by atoms with Crippen LogP contribution in [-0.2, 0) is 4.79 Å². The van der Waals surface area contributed by atoms with Crippen LogP contribution in [0.1, 0.15) is 17.0 Å². The quantitative estimate of drug-likeness (QED) is 0.241. The molecule has 10 heteroatoms. The molecule has 0 saturated heterocycles. The molecule has 0 bridgehead atoms. The van der Waals surface area contributed by atoms with E-state index in [-0.39, 0.29) is 11.4 Å². The van der Waals surface area contributed by atoms with Gasteiger partial charge in [-0.1, -0.05) is 18.2 Å². The van der Waals surface area contributed by atoms with Crippen LogP contribution in [-0.4, -0.2) is 45.2 Å². The van der Waals surface area contributed by atoms with Crippen LogP contribution in [0.2, 0.25) is 0 Å². The Morgan fingerprint density at radius 3 is 2.57 bits per heavy atom. The zero-order chi connectivity index (χ0) is 29.4. The second-order valence-corrected chi connectivity index (χ2v) is 9.64. The normalized spacial score (nSPS) is 11.5. The molecule has 3 aromatic carbocycles. The van der Waals surface area contributed by atoms with Crippen LogP contribution in [0.3, 0.4) is 0 Å². The number of ether oxygens (including phenoxy) is 2. The van der Waals surface area contributed by atoms with Gasteiger partial charge < -0.3 is 23.6 Å². The molecule has 6 rings (SSSR count). The molecule has 42 heavy (non-hydrogen) atoms. The molecule has 0 aliphatic rings. The SMILES string of the molecule is COc1cccc2oc(-c3nc4ccccc4c(=O)n3N=Cc3cc(C)n(-c4ccc(OCC(=O)O)cc4)c3C)cc12. The molecule has 10 nitrogen and oxygen atoms in total. The fourth-order valence-electron chi connectivity index (χ4n) is 4.98. The summed E-state index contributed by atoms with van der Waals surface area (Å²) < 4.78 is 20.1. The Balaban J connectivity index is 1.42. The minimum atomic E-state index is -1.04. The number of hydrogen-bond donors (Lipinski definition) is 1. The molecular weight excluding hydrogens is 536 g/mol. The lowest BCUT2D eigenvalue weighted by molar-refractivity contribution is -0.139. The Bertz CT molecular complexity index is 2050. The highest BCUT2D eigenvalue weighted by molar-refractivity contribution is 5.89. The van der Waals surface area contributed by atoms with Gasteiger partial charge in [0.1, 0.15) is 17.1 Å². The van der Waals surface area contributed by atoms with E-state index in [2.05, 4.69) is 5.10 Å². The van der Waals surface area contributed by atoms with Crippen molar-refractivity contribution in [2.45, 2.75) is 13.8 Å². The molecule has 0 unspecified atom stereocenters. The van der Waals surface area contributed by atoms with Crippen molar-refractivity contribution in [3.05, 3.63) is 106 Å². The van der Waals surface area contributed by atoms with Crippen LogP contribution >= 0.6 is 0 Å². The fraction of sp³-hybridized carbons (Fsp3) is 0.125. The number of carboxylic acids is 1. The van der Waals surface area contributed by atoms with Crippen molar-refractivity contribution in [3.8, 4) is 28.8 Å². The van der Waals surface area contributed by atoms with Gasteiger partial charge in [-0.25, -0.2) is 9.78 Å². The van der Waals surface area contributed by atoms with Crippen molar-refractivity contribution < 1.29 is 23.8 Å². The zero-order valence-electron chi connectivity index (χ0n) is 23.1. The van der Waals surface area contributed by atoms with Crippen LogP contribution in [0.5, 0.6) is 11.5 Å². The Labute approximate surface area is 239 Å². The molecule has 1 N–H and O–H groups in total. The van der Waals surface area contributed by atoms with Gasteiger partial charge in [0.15, 0.2) is 12.4 Å². The van der Waals surface area contributed by atoms with E-state index in [9.17, 15) is 9.59 Å². The number of aliphatic carboxylic acids is 1. The lowest BCUT2D eigenvalue weighted by Gasteiger charge is -2.11. The van der Waals surface area contributed by atoms with Gasteiger partial charge in [-0.05, 0) is 74.5 Å². The van der Waals surface area contributed by atoms with E-state index in [1.54, 1.807) is 49.7 Å². The molecule has 3 aromatic heterocycles. The topological polar surface area (TPSA) is 121 Å². The van der Waals surface area contributed by atoms with Crippen LogP contribution in [0.25, 0.3) is 39.1 Å².